The smallest absolute Gasteiger partial charge is 0.223 e. The first kappa shape index (κ1) is 23.4. The SMILES string of the molecule is Clc1ccc(C2=NN(c3nc(-c4ccccc4)cc(-c4ccc(Cl)cc4)n3)C(c3ccccc3)C2)cc1. The summed E-state index contributed by atoms with van der Waals surface area (Å²) < 4.78 is 0. The monoisotopic (exact) mass is 520 g/mol. The Kier molecular flexibility index (Phi) is 6.44. The number of benzene rings is 4. The van der Waals surface area contributed by atoms with Crippen LogP contribution < -0.4 is 5.01 Å². The molecule has 0 bridgehead atoms. The summed E-state index contributed by atoms with van der Waals surface area (Å²) in [6.07, 6.45) is 0.723. The maximum atomic E-state index is 6.17. The van der Waals surface area contributed by atoms with Crippen molar-refractivity contribution in [3.05, 3.63) is 136 Å². The largest absolute Gasteiger partial charge is 0.247 e. The minimum Gasteiger partial charge on any atom is -0.223 e. The third-order valence-electron chi connectivity index (χ3n) is 6.40. The molecule has 180 valence electrons. The lowest BCUT2D eigenvalue weighted by atomic mass is 9.98. The zero-order valence-corrected chi connectivity index (χ0v) is 21.3. The molecule has 0 fully saturated rings. The third kappa shape index (κ3) is 4.99. The summed E-state index contributed by atoms with van der Waals surface area (Å²) in [7, 11) is 0. The molecule has 1 aliphatic rings. The van der Waals surface area contributed by atoms with E-state index in [0.29, 0.717) is 16.0 Å². The molecule has 4 aromatic carbocycles. The first-order chi connectivity index (χ1) is 18.1. The maximum absolute atomic E-state index is 6.17. The predicted molar refractivity (Wildman–Crippen MR) is 152 cm³/mol. The van der Waals surface area contributed by atoms with Gasteiger partial charge in [-0.25, -0.2) is 15.0 Å². The molecule has 2 heterocycles. The summed E-state index contributed by atoms with van der Waals surface area (Å²) in [6, 6.07) is 38.0. The van der Waals surface area contributed by atoms with Gasteiger partial charge in [0.25, 0.3) is 0 Å². The molecule has 1 aromatic heterocycles. The second kappa shape index (κ2) is 10.2. The molecular formula is C31H22Cl2N4. The van der Waals surface area contributed by atoms with Gasteiger partial charge in [-0.1, -0.05) is 108 Å². The normalized spacial score (nSPS) is 15.0. The lowest BCUT2D eigenvalue weighted by Gasteiger charge is -2.23. The number of aromatic nitrogens is 2. The van der Waals surface area contributed by atoms with Gasteiger partial charge in [0.15, 0.2) is 0 Å². The van der Waals surface area contributed by atoms with Gasteiger partial charge < -0.3 is 0 Å². The summed E-state index contributed by atoms with van der Waals surface area (Å²) in [5.41, 5.74) is 6.76. The molecule has 4 nitrogen and oxygen atoms in total. The minimum absolute atomic E-state index is 0.0454. The number of hydrazone groups is 1. The van der Waals surface area contributed by atoms with E-state index in [-0.39, 0.29) is 6.04 Å². The predicted octanol–water partition coefficient (Wildman–Crippen LogP) is 8.47. The fourth-order valence-electron chi connectivity index (χ4n) is 4.51. The van der Waals surface area contributed by atoms with E-state index in [0.717, 1.165) is 45.8 Å². The first-order valence-electron chi connectivity index (χ1n) is 12.0. The van der Waals surface area contributed by atoms with Crippen molar-refractivity contribution in [1.29, 1.82) is 0 Å². The van der Waals surface area contributed by atoms with Crippen molar-refractivity contribution in [3.8, 4) is 22.5 Å². The number of halogens is 2. The molecule has 0 N–H and O–H groups in total. The molecule has 1 unspecified atom stereocenters. The highest BCUT2D eigenvalue weighted by Gasteiger charge is 2.32. The van der Waals surface area contributed by atoms with Crippen LogP contribution in [-0.4, -0.2) is 15.7 Å². The summed E-state index contributed by atoms with van der Waals surface area (Å²) in [4.78, 5) is 10.0. The molecule has 1 aliphatic heterocycles. The lowest BCUT2D eigenvalue weighted by molar-refractivity contribution is 0.687. The Morgan fingerprint density at radius 2 is 1.11 bits per heavy atom. The van der Waals surface area contributed by atoms with Crippen molar-refractivity contribution in [1.82, 2.24) is 9.97 Å². The molecule has 5 aromatic rings. The van der Waals surface area contributed by atoms with Gasteiger partial charge >= 0.3 is 0 Å². The van der Waals surface area contributed by atoms with E-state index in [1.54, 1.807) is 0 Å². The lowest BCUT2D eigenvalue weighted by Crippen LogP contribution is -2.21. The Morgan fingerprint density at radius 1 is 0.595 bits per heavy atom. The second-order valence-electron chi connectivity index (χ2n) is 8.84. The molecule has 6 heteroatoms. The molecule has 0 amide bonds. The van der Waals surface area contributed by atoms with Crippen LogP contribution in [-0.2, 0) is 0 Å². The summed E-state index contributed by atoms with van der Waals surface area (Å²) in [6.45, 7) is 0. The van der Waals surface area contributed by atoms with Gasteiger partial charge in [-0.3, -0.25) is 0 Å². The third-order valence-corrected chi connectivity index (χ3v) is 6.90. The van der Waals surface area contributed by atoms with Crippen LogP contribution in [0.25, 0.3) is 22.5 Å². The van der Waals surface area contributed by atoms with E-state index in [9.17, 15) is 0 Å². The fourth-order valence-corrected chi connectivity index (χ4v) is 4.76. The quantitative estimate of drug-likeness (QED) is 0.233. The number of nitrogens with zero attached hydrogens (tertiary/aromatic N) is 4. The van der Waals surface area contributed by atoms with Crippen LogP contribution in [0, 0.1) is 0 Å². The van der Waals surface area contributed by atoms with Gasteiger partial charge in [-0.15, -0.1) is 0 Å². The second-order valence-corrected chi connectivity index (χ2v) is 9.71. The van der Waals surface area contributed by atoms with Crippen molar-refractivity contribution in [2.45, 2.75) is 12.5 Å². The van der Waals surface area contributed by atoms with Crippen LogP contribution in [0.15, 0.2) is 120 Å². The van der Waals surface area contributed by atoms with Gasteiger partial charge in [0.05, 0.1) is 23.1 Å². The molecular weight excluding hydrogens is 499 g/mol. The Labute approximate surface area is 225 Å². The number of anilines is 1. The van der Waals surface area contributed by atoms with Crippen LogP contribution >= 0.6 is 23.2 Å². The maximum Gasteiger partial charge on any atom is 0.247 e. The molecule has 0 saturated carbocycles. The summed E-state index contributed by atoms with van der Waals surface area (Å²) in [5, 5.41) is 8.39. The zero-order chi connectivity index (χ0) is 25.2. The van der Waals surface area contributed by atoms with Crippen LogP contribution in [0.4, 0.5) is 5.95 Å². The topological polar surface area (TPSA) is 41.4 Å². The Morgan fingerprint density at radius 3 is 1.70 bits per heavy atom. The molecule has 0 saturated heterocycles. The molecule has 0 aliphatic carbocycles. The van der Waals surface area contributed by atoms with Crippen molar-refractivity contribution < 1.29 is 0 Å². The Balaban J connectivity index is 1.51. The molecule has 0 spiro atoms. The van der Waals surface area contributed by atoms with Crippen LogP contribution in [0.5, 0.6) is 0 Å². The van der Waals surface area contributed by atoms with E-state index in [1.807, 2.05) is 96.0 Å². The fraction of sp³-hybridized carbons (Fsp3) is 0.0645. The van der Waals surface area contributed by atoms with Crippen molar-refractivity contribution in [2.75, 3.05) is 5.01 Å². The van der Waals surface area contributed by atoms with Gasteiger partial charge in [0.1, 0.15) is 0 Å². The van der Waals surface area contributed by atoms with E-state index in [4.69, 9.17) is 38.3 Å². The average Bonchev–Trinajstić information content (AvgIpc) is 3.40. The summed E-state index contributed by atoms with van der Waals surface area (Å²) in [5.74, 6) is 0.545. The van der Waals surface area contributed by atoms with Crippen molar-refractivity contribution in [3.63, 3.8) is 0 Å². The van der Waals surface area contributed by atoms with Gasteiger partial charge in [0.2, 0.25) is 5.95 Å². The zero-order valence-electron chi connectivity index (χ0n) is 19.8. The molecule has 37 heavy (non-hydrogen) atoms. The van der Waals surface area contributed by atoms with Crippen molar-refractivity contribution in [2.24, 2.45) is 5.10 Å². The molecule has 1 atom stereocenters. The highest BCUT2D eigenvalue weighted by molar-refractivity contribution is 6.31. The number of hydrogen-bond donors (Lipinski definition) is 0. The van der Waals surface area contributed by atoms with E-state index >= 15 is 0 Å². The number of hydrogen-bond acceptors (Lipinski definition) is 4. The van der Waals surface area contributed by atoms with Crippen LogP contribution in [0.1, 0.15) is 23.6 Å². The van der Waals surface area contributed by atoms with E-state index < -0.39 is 0 Å². The van der Waals surface area contributed by atoms with Gasteiger partial charge in [-0.05, 0) is 41.5 Å². The van der Waals surface area contributed by atoms with Gasteiger partial charge in [-0.2, -0.15) is 5.10 Å². The minimum atomic E-state index is -0.0454. The average molecular weight is 521 g/mol. The Bertz CT molecular complexity index is 1550. The first-order valence-corrected chi connectivity index (χ1v) is 12.8. The van der Waals surface area contributed by atoms with Gasteiger partial charge in [0, 0.05) is 27.6 Å². The van der Waals surface area contributed by atoms with Crippen LogP contribution in [0.3, 0.4) is 0 Å². The number of rotatable bonds is 5. The molecule has 0 radical (unpaired) electrons. The van der Waals surface area contributed by atoms with Crippen LogP contribution in [0.2, 0.25) is 10.0 Å². The Hall–Kier alpha value is -3.99. The standard InChI is InChI=1S/C31H22Cl2N4/c32-25-15-11-22(12-16-25)28-19-27(21-7-3-1-4-8-21)34-31(35-28)37-30(24-9-5-2-6-10-24)20-29(36-37)23-13-17-26(33)18-14-23/h1-19,30H,20H2. The highest BCUT2D eigenvalue weighted by Crippen LogP contribution is 2.37. The highest BCUT2D eigenvalue weighted by atomic mass is 35.5. The van der Waals surface area contributed by atoms with E-state index in [1.165, 1.54) is 0 Å². The molecule has 6 rings (SSSR count). The van der Waals surface area contributed by atoms with Crippen molar-refractivity contribution >= 4 is 34.9 Å². The summed E-state index contributed by atoms with van der Waals surface area (Å²) >= 11 is 12.3. The van der Waals surface area contributed by atoms with E-state index in [2.05, 4.69) is 24.3 Å².